The Morgan fingerprint density at radius 2 is 1.91 bits per heavy atom. The lowest BCUT2D eigenvalue weighted by molar-refractivity contribution is 0.0600. The smallest absolute Gasteiger partial charge is 0.337 e. The average Bonchev–Trinajstić information content (AvgIpc) is 2.85. The Hall–Kier alpha value is -2.88. The Morgan fingerprint density at radius 3 is 2.55 bits per heavy atom. The van der Waals surface area contributed by atoms with E-state index in [1.165, 1.54) is 7.11 Å². The van der Waals surface area contributed by atoms with Crippen LogP contribution in [-0.2, 0) is 11.2 Å². The van der Waals surface area contributed by atoms with Crippen LogP contribution in [0.2, 0.25) is 0 Å². The molecule has 0 saturated heterocycles. The van der Waals surface area contributed by atoms with Crippen LogP contribution in [0.1, 0.15) is 31.8 Å². The van der Waals surface area contributed by atoms with E-state index in [4.69, 9.17) is 0 Å². The van der Waals surface area contributed by atoms with Gasteiger partial charge in [-0.1, -0.05) is 24.3 Å². The fourth-order valence-corrected chi connectivity index (χ4v) is 2.57. The molecule has 0 atom stereocenters. The standard InChI is InChI=1S/C18H14O4/c1-22-18(21)12-7-5-11(6-8-12)9-13-10-15-14(17(13)20)3-2-4-16(15)19/h2-9,19H,10H2,1H3. The monoisotopic (exact) mass is 294 g/mol. The molecule has 1 aliphatic carbocycles. The predicted molar refractivity (Wildman–Crippen MR) is 81.9 cm³/mol. The van der Waals surface area contributed by atoms with Gasteiger partial charge in [0, 0.05) is 23.1 Å². The fourth-order valence-electron chi connectivity index (χ4n) is 2.57. The molecule has 2 aromatic carbocycles. The van der Waals surface area contributed by atoms with Gasteiger partial charge in [-0.15, -0.1) is 0 Å². The molecule has 0 heterocycles. The van der Waals surface area contributed by atoms with E-state index in [9.17, 15) is 14.7 Å². The number of methoxy groups -OCH3 is 1. The molecule has 4 nitrogen and oxygen atoms in total. The number of aromatic hydroxyl groups is 1. The molecule has 0 aromatic heterocycles. The van der Waals surface area contributed by atoms with Gasteiger partial charge in [0.05, 0.1) is 12.7 Å². The van der Waals surface area contributed by atoms with Crippen LogP contribution in [0.5, 0.6) is 5.75 Å². The number of phenols is 1. The summed E-state index contributed by atoms with van der Waals surface area (Å²) < 4.78 is 4.65. The van der Waals surface area contributed by atoms with Crippen molar-refractivity contribution in [1.82, 2.24) is 0 Å². The van der Waals surface area contributed by atoms with Crippen molar-refractivity contribution in [3.8, 4) is 5.75 Å². The Bertz CT molecular complexity index is 785. The maximum Gasteiger partial charge on any atom is 0.337 e. The highest BCUT2D eigenvalue weighted by molar-refractivity contribution is 6.16. The fraction of sp³-hybridized carbons (Fsp3) is 0.111. The van der Waals surface area contributed by atoms with Gasteiger partial charge in [0.2, 0.25) is 0 Å². The van der Waals surface area contributed by atoms with E-state index in [2.05, 4.69) is 4.74 Å². The van der Waals surface area contributed by atoms with Gasteiger partial charge in [-0.05, 0) is 29.8 Å². The summed E-state index contributed by atoms with van der Waals surface area (Å²) in [5, 5.41) is 9.83. The highest BCUT2D eigenvalue weighted by Crippen LogP contribution is 2.33. The molecule has 110 valence electrons. The largest absolute Gasteiger partial charge is 0.508 e. The van der Waals surface area contributed by atoms with Crippen molar-refractivity contribution in [2.24, 2.45) is 0 Å². The minimum atomic E-state index is -0.395. The van der Waals surface area contributed by atoms with Gasteiger partial charge in [0.1, 0.15) is 5.75 Å². The zero-order valence-corrected chi connectivity index (χ0v) is 12.0. The topological polar surface area (TPSA) is 63.6 Å². The minimum Gasteiger partial charge on any atom is -0.508 e. The third-order valence-electron chi connectivity index (χ3n) is 3.73. The normalized spacial score (nSPS) is 15.0. The van der Waals surface area contributed by atoms with E-state index in [1.54, 1.807) is 48.5 Å². The molecule has 0 aliphatic heterocycles. The highest BCUT2D eigenvalue weighted by Gasteiger charge is 2.26. The molecule has 22 heavy (non-hydrogen) atoms. The quantitative estimate of drug-likeness (QED) is 0.683. The molecule has 1 aliphatic rings. The molecule has 0 bridgehead atoms. The molecule has 0 radical (unpaired) electrons. The van der Waals surface area contributed by atoms with Crippen molar-refractivity contribution in [2.45, 2.75) is 6.42 Å². The van der Waals surface area contributed by atoms with Gasteiger partial charge in [0.15, 0.2) is 5.78 Å². The zero-order valence-electron chi connectivity index (χ0n) is 12.0. The van der Waals surface area contributed by atoms with Crippen LogP contribution in [0, 0.1) is 0 Å². The van der Waals surface area contributed by atoms with Crippen molar-refractivity contribution in [2.75, 3.05) is 7.11 Å². The number of carbonyl (C=O) groups excluding carboxylic acids is 2. The summed E-state index contributed by atoms with van der Waals surface area (Å²) in [5.41, 5.74) is 3.14. The lowest BCUT2D eigenvalue weighted by Crippen LogP contribution is -2.00. The zero-order chi connectivity index (χ0) is 15.7. The van der Waals surface area contributed by atoms with E-state index < -0.39 is 5.97 Å². The third-order valence-corrected chi connectivity index (χ3v) is 3.73. The Kier molecular flexibility index (Phi) is 3.51. The Labute approximate surface area is 127 Å². The van der Waals surface area contributed by atoms with Gasteiger partial charge < -0.3 is 9.84 Å². The number of ether oxygens (including phenoxy) is 1. The molecule has 0 unspecified atom stereocenters. The molecule has 3 rings (SSSR count). The number of rotatable bonds is 2. The summed E-state index contributed by atoms with van der Waals surface area (Å²) in [6, 6.07) is 11.8. The molecule has 0 amide bonds. The SMILES string of the molecule is COC(=O)c1ccc(C=C2Cc3c(O)cccc3C2=O)cc1. The van der Waals surface area contributed by atoms with Crippen molar-refractivity contribution in [1.29, 1.82) is 0 Å². The minimum absolute atomic E-state index is 0.0667. The number of allylic oxidation sites excluding steroid dienone is 1. The van der Waals surface area contributed by atoms with Crippen LogP contribution in [-0.4, -0.2) is 24.0 Å². The number of hydrogen-bond acceptors (Lipinski definition) is 4. The maximum absolute atomic E-state index is 12.3. The van der Waals surface area contributed by atoms with Crippen molar-refractivity contribution < 1.29 is 19.4 Å². The van der Waals surface area contributed by atoms with E-state index in [0.717, 1.165) is 5.56 Å². The summed E-state index contributed by atoms with van der Waals surface area (Å²) in [4.78, 5) is 23.7. The first kappa shape index (κ1) is 14.1. The Morgan fingerprint density at radius 1 is 1.18 bits per heavy atom. The molecule has 4 heteroatoms. The van der Waals surface area contributed by atoms with Crippen molar-refractivity contribution in [3.05, 3.63) is 70.3 Å². The first-order valence-electron chi connectivity index (χ1n) is 6.84. The Balaban J connectivity index is 1.90. The van der Waals surface area contributed by atoms with E-state index in [0.29, 0.717) is 28.7 Å². The number of hydrogen-bond donors (Lipinski definition) is 1. The second-order valence-corrected chi connectivity index (χ2v) is 5.09. The highest BCUT2D eigenvalue weighted by atomic mass is 16.5. The molecule has 0 spiro atoms. The molecule has 0 saturated carbocycles. The lowest BCUT2D eigenvalue weighted by atomic mass is 10.1. The van der Waals surface area contributed by atoms with Crippen molar-refractivity contribution >= 4 is 17.8 Å². The summed E-state index contributed by atoms with van der Waals surface area (Å²) >= 11 is 0. The summed E-state index contributed by atoms with van der Waals surface area (Å²) in [6.07, 6.45) is 2.20. The third kappa shape index (κ3) is 2.39. The van der Waals surface area contributed by atoms with Crippen LogP contribution >= 0.6 is 0 Å². The van der Waals surface area contributed by atoms with E-state index in [-0.39, 0.29) is 11.5 Å². The number of esters is 1. The molecular formula is C18H14O4. The summed E-state index contributed by atoms with van der Waals surface area (Å²) in [5.74, 6) is -0.313. The van der Waals surface area contributed by atoms with Gasteiger partial charge >= 0.3 is 5.97 Å². The molecule has 0 fully saturated rings. The van der Waals surface area contributed by atoms with Gasteiger partial charge in [-0.25, -0.2) is 4.79 Å². The summed E-state index contributed by atoms with van der Waals surface area (Å²) in [7, 11) is 1.33. The van der Waals surface area contributed by atoms with Gasteiger partial charge in [0.25, 0.3) is 0 Å². The molecule has 1 N–H and O–H groups in total. The van der Waals surface area contributed by atoms with Crippen LogP contribution < -0.4 is 0 Å². The number of fused-ring (bicyclic) bond motifs is 1. The molecular weight excluding hydrogens is 280 g/mol. The van der Waals surface area contributed by atoms with E-state index >= 15 is 0 Å². The number of carbonyl (C=O) groups is 2. The number of Topliss-reactive ketones (excluding diaryl/α,β-unsaturated/α-hetero) is 1. The van der Waals surface area contributed by atoms with E-state index in [1.807, 2.05) is 0 Å². The van der Waals surface area contributed by atoms with Gasteiger partial charge in [-0.3, -0.25) is 4.79 Å². The number of phenolic OH excluding ortho intramolecular Hbond substituents is 1. The predicted octanol–water partition coefficient (Wildman–Crippen LogP) is 3.00. The first-order valence-corrected chi connectivity index (χ1v) is 6.84. The van der Waals surface area contributed by atoms with Gasteiger partial charge in [-0.2, -0.15) is 0 Å². The van der Waals surface area contributed by atoms with Crippen LogP contribution in [0.25, 0.3) is 6.08 Å². The van der Waals surface area contributed by atoms with Crippen LogP contribution in [0.3, 0.4) is 0 Å². The average molecular weight is 294 g/mol. The second-order valence-electron chi connectivity index (χ2n) is 5.09. The van der Waals surface area contributed by atoms with Crippen molar-refractivity contribution in [3.63, 3.8) is 0 Å². The van der Waals surface area contributed by atoms with Crippen LogP contribution in [0.4, 0.5) is 0 Å². The number of ketones is 1. The van der Waals surface area contributed by atoms with Crippen LogP contribution in [0.15, 0.2) is 48.0 Å². The second kappa shape index (κ2) is 5.48. The maximum atomic E-state index is 12.3. The summed E-state index contributed by atoms with van der Waals surface area (Å²) in [6.45, 7) is 0. The molecule has 2 aromatic rings. The number of benzene rings is 2. The lowest BCUT2D eigenvalue weighted by Gasteiger charge is -2.00. The first-order chi connectivity index (χ1) is 10.6.